The van der Waals surface area contributed by atoms with Crippen molar-refractivity contribution in [3.05, 3.63) is 64.8 Å². The number of amides is 1. The van der Waals surface area contributed by atoms with E-state index in [1.165, 1.54) is 0 Å². The molecule has 0 aliphatic heterocycles. The number of hydrogen-bond donors (Lipinski definition) is 2. The summed E-state index contributed by atoms with van der Waals surface area (Å²) in [5.41, 5.74) is 2.85. The van der Waals surface area contributed by atoms with Crippen molar-refractivity contribution in [2.75, 3.05) is 5.32 Å². The number of fused-ring (bicyclic) bond motifs is 1. The van der Waals surface area contributed by atoms with Crippen LogP contribution in [0, 0.1) is 0 Å². The largest absolute Gasteiger partial charge is 0.361 e. The summed E-state index contributed by atoms with van der Waals surface area (Å²) in [6.45, 7) is 0. The van der Waals surface area contributed by atoms with Crippen molar-refractivity contribution >= 4 is 38.4 Å². The van der Waals surface area contributed by atoms with Gasteiger partial charge in [-0.2, -0.15) is 0 Å². The minimum atomic E-state index is -0.0155. The second-order valence-electron chi connectivity index (χ2n) is 4.63. The first-order chi connectivity index (χ1) is 9.70. The summed E-state index contributed by atoms with van der Waals surface area (Å²) in [4.78, 5) is 15.2. The molecule has 0 aliphatic rings. The van der Waals surface area contributed by atoms with Crippen molar-refractivity contribution in [3.63, 3.8) is 0 Å². The monoisotopic (exact) mass is 328 g/mol. The number of hydrogen-bond acceptors (Lipinski definition) is 1. The van der Waals surface area contributed by atoms with Gasteiger partial charge in [-0.15, -0.1) is 0 Å². The SMILES string of the molecule is O=C(Cc1ccc2cc[nH]c2c1)Nc1ccc(Br)cc1. The predicted molar refractivity (Wildman–Crippen MR) is 84.8 cm³/mol. The molecule has 2 aromatic carbocycles. The zero-order valence-corrected chi connectivity index (χ0v) is 12.3. The third kappa shape index (κ3) is 2.91. The Bertz CT molecular complexity index is 747. The van der Waals surface area contributed by atoms with Crippen molar-refractivity contribution in [2.24, 2.45) is 0 Å². The number of carbonyl (C=O) groups is 1. The number of anilines is 1. The number of rotatable bonds is 3. The number of aromatic amines is 1. The average Bonchev–Trinajstić information content (AvgIpc) is 2.89. The van der Waals surface area contributed by atoms with E-state index in [9.17, 15) is 4.79 Å². The highest BCUT2D eigenvalue weighted by Crippen LogP contribution is 2.16. The molecule has 3 rings (SSSR count). The number of H-pyrrole nitrogens is 1. The summed E-state index contributed by atoms with van der Waals surface area (Å²) in [6, 6.07) is 15.6. The van der Waals surface area contributed by atoms with Crippen LogP contribution in [0.1, 0.15) is 5.56 Å². The predicted octanol–water partition coefficient (Wildman–Crippen LogP) is 4.11. The molecule has 3 aromatic rings. The van der Waals surface area contributed by atoms with Gasteiger partial charge >= 0.3 is 0 Å². The van der Waals surface area contributed by atoms with E-state index in [0.717, 1.165) is 26.6 Å². The Morgan fingerprint density at radius 3 is 2.70 bits per heavy atom. The minimum Gasteiger partial charge on any atom is -0.361 e. The summed E-state index contributed by atoms with van der Waals surface area (Å²) in [5, 5.41) is 4.04. The van der Waals surface area contributed by atoms with Gasteiger partial charge in [0.15, 0.2) is 0 Å². The fourth-order valence-corrected chi connectivity index (χ4v) is 2.39. The molecule has 100 valence electrons. The molecule has 1 aromatic heterocycles. The molecule has 1 amide bonds. The highest BCUT2D eigenvalue weighted by atomic mass is 79.9. The van der Waals surface area contributed by atoms with E-state index < -0.39 is 0 Å². The van der Waals surface area contributed by atoms with Gasteiger partial charge in [0.25, 0.3) is 0 Å². The molecule has 0 spiro atoms. The van der Waals surface area contributed by atoms with Gasteiger partial charge in [0.1, 0.15) is 0 Å². The van der Waals surface area contributed by atoms with Crippen LogP contribution in [0.4, 0.5) is 5.69 Å². The maximum atomic E-state index is 12.0. The van der Waals surface area contributed by atoms with Gasteiger partial charge in [0, 0.05) is 21.9 Å². The summed E-state index contributed by atoms with van der Waals surface area (Å²) >= 11 is 3.37. The van der Waals surface area contributed by atoms with Crippen molar-refractivity contribution in [2.45, 2.75) is 6.42 Å². The molecular weight excluding hydrogens is 316 g/mol. The number of carbonyl (C=O) groups excluding carboxylic acids is 1. The number of halogens is 1. The van der Waals surface area contributed by atoms with Gasteiger partial charge in [-0.1, -0.05) is 28.1 Å². The average molecular weight is 329 g/mol. The summed E-state index contributed by atoms with van der Waals surface area (Å²) in [6.07, 6.45) is 2.27. The molecule has 0 atom stereocenters. The molecule has 0 unspecified atom stereocenters. The first kappa shape index (κ1) is 12.9. The van der Waals surface area contributed by atoms with E-state index in [-0.39, 0.29) is 5.91 Å². The highest BCUT2D eigenvalue weighted by Gasteiger charge is 2.05. The third-order valence-corrected chi connectivity index (χ3v) is 3.64. The fraction of sp³-hybridized carbons (Fsp3) is 0.0625. The highest BCUT2D eigenvalue weighted by molar-refractivity contribution is 9.10. The molecule has 20 heavy (non-hydrogen) atoms. The smallest absolute Gasteiger partial charge is 0.228 e. The Morgan fingerprint density at radius 2 is 1.90 bits per heavy atom. The molecule has 4 heteroatoms. The van der Waals surface area contributed by atoms with Crippen molar-refractivity contribution < 1.29 is 4.79 Å². The van der Waals surface area contributed by atoms with Crippen LogP contribution in [0.5, 0.6) is 0 Å². The van der Waals surface area contributed by atoms with Crippen molar-refractivity contribution in [3.8, 4) is 0 Å². The molecule has 0 aliphatic carbocycles. The van der Waals surface area contributed by atoms with Gasteiger partial charge in [-0.25, -0.2) is 0 Å². The Balaban J connectivity index is 1.70. The second-order valence-corrected chi connectivity index (χ2v) is 5.55. The van der Waals surface area contributed by atoms with Crippen molar-refractivity contribution in [1.82, 2.24) is 4.98 Å². The lowest BCUT2D eigenvalue weighted by Crippen LogP contribution is -2.14. The van der Waals surface area contributed by atoms with Crippen LogP contribution >= 0.6 is 15.9 Å². The maximum absolute atomic E-state index is 12.0. The minimum absolute atomic E-state index is 0.0155. The lowest BCUT2D eigenvalue weighted by Gasteiger charge is -2.05. The van der Waals surface area contributed by atoms with Gasteiger partial charge < -0.3 is 10.3 Å². The fourth-order valence-electron chi connectivity index (χ4n) is 2.13. The quantitative estimate of drug-likeness (QED) is 0.746. The van der Waals surface area contributed by atoms with Crippen LogP contribution in [0.3, 0.4) is 0 Å². The Labute approximate surface area is 125 Å². The normalized spacial score (nSPS) is 10.7. The van der Waals surface area contributed by atoms with E-state index in [1.54, 1.807) is 0 Å². The summed E-state index contributed by atoms with van der Waals surface area (Å²) in [7, 11) is 0. The molecule has 0 saturated carbocycles. The van der Waals surface area contributed by atoms with Crippen LogP contribution in [0.2, 0.25) is 0 Å². The van der Waals surface area contributed by atoms with Crippen LogP contribution in [-0.4, -0.2) is 10.9 Å². The van der Waals surface area contributed by atoms with E-state index in [4.69, 9.17) is 0 Å². The van der Waals surface area contributed by atoms with Crippen LogP contribution in [0.15, 0.2) is 59.2 Å². The lowest BCUT2D eigenvalue weighted by atomic mass is 10.1. The maximum Gasteiger partial charge on any atom is 0.228 e. The topological polar surface area (TPSA) is 44.9 Å². The summed E-state index contributed by atoms with van der Waals surface area (Å²) < 4.78 is 0.993. The molecular formula is C16H13BrN2O. The number of aromatic nitrogens is 1. The zero-order chi connectivity index (χ0) is 13.9. The van der Waals surface area contributed by atoms with E-state index in [2.05, 4.69) is 26.2 Å². The number of nitrogens with one attached hydrogen (secondary N) is 2. The standard InChI is InChI=1S/C16H13BrN2O/c17-13-3-5-14(6-4-13)19-16(20)10-11-1-2-12-7-8-18-15(12)9-11/h1-9,18H,10H2,(H,19,20). The Kier molecular flexibility index (Phi) is 3.56. The molecule has 1 heterocycles. The molecule has 0 radical (unpaired) electrons. The summed E-state index contributed by atoms with van der Waals surface area (Å²) in [5.74, 6) is -0.0155. The second kappa shape index (κ2) is 5.51. The Morgan fingerprint density at radius 1 is 1.10 bits per heavy atom. The van der Waals surface area contributed by atoms with Gasteiger partial charge in [-0.05, 0) is 47.3 Å². The lowest BCUT2D eigenvalue weighted by molar-refractivity contribution is -0.115. The van der Waals surface area contributed by atoms with Gasteiger partial charge in [0.05, 0.1) is 6.42 Å². The number of benzene rings is 2. The van der Waals surface area contributed by atoms with Gasteiger partial charge in [0.2, 0.25) is 5.91 Å². The van der Waals surface area contributed by atoms with E-state index in [0.29, 0.717) is 6.42 Å². The van der Waals surface area contributed by atoms with E-state index >= 15 is 0 Å². The van der Waals surface area contributed by atoms with Crippen LogP contribution < -0.4 is 5.32 Å². The first-order valence-corrected chi connectivity index (χ1v) is 7.11. The molecule has 0 bridgehead atoms. The van der Waals surface area contributed by atoms with Gasteiger partial charge in [-0.3, -0.25) is 4.79 Å². The van der Waals surface area contributed by atoms with E-state index in [1.807, 2.05) is 54.7 Å². The van der Waals surface area contributed by atoms with Crippen molar-refractivity contribution in [1.29, 1.82) is 0 Å². The van der Waals surface area contributed by atoms with Crippen LogP contribution in [0.25, 0.3) is 10.9 Å². The molecule has 0 saturated heterocycles. The molecule has 0 fully saturated rings. The zero-order valence-electron chi connectivity index (χ0n) is 10.7. The van der Waals surface area contributed by atoms with Crippen LogP contribution in [-0.2, 0) is 11.2 Å². The first-order valence-electron chi connectivity index (χ1n) is 6.32. The molecule has 2 N–H and O–H groups in total. The molecule has 3 nitrogen and oxygen atoms in total. The third-order valence-electron chi connectivity index (χ3n) is 3.11. The Hall–Kier alpha value is -2.07.